The van der Waals surface area contributed by atoms with Crippen molar-refractivity contribution in [1.82, 2.24) is 10.2 Å². The molecule has 2 amide bonds. The minimum absolute atomic E-state index is 0.0505. The summed E-state index contributed by atoms with van der Waals surface area (Å²) in [5.74, 6) is -0.336. The molecule has 0 spiro atoms. The molecule has 1 saturated carbocycles. The van der Waals surface area contributed by atoms with Crippen molar-refractivity contribution in [3.05, 3.63) is 64.1 Å². The molecule has 0 aromatic heterocycles. The Labute approximate surface area is 236 Å². The summed E-state index contributed by atoms with van der Waals surface area (Å²) in [4.78, 5) is 28.5. The van der Waals surface area contributed by atoms with Gasteiger partial charge in [-0.25, -0.2) is 8.42 Å². The van der Waals surface area contributed by atoms with Gasteiger partial charge in [0.1, 0.15) is 6.04 Å². The fourth-order valence-electron chi connectivity index (χ4n) is 4.90. The summed E-state index contributed by atoms with van der Waals surface area (Å²) in [6, 6.07) is 13.7. The van der Waals surface area contributed by atoms with Crippen LogP contribution in [0.4, 0.5) is 5.69 Å². The maximum atomic E-state index is 13.6. The number of halogens is 2. The van der Waals surface area contributed by atoms with Gasteiger partial charge in [-0.2, -0.15) is 0 Å². The van der Waals surface area contributed by atoms with Crippen LogP contribution in [0.1, 0.15) is 63.9 Å². The molecule has 38 heavy (non-hydrogen) atoms. The number of carbonyl (C=O) groups is 2. The third-order valence-corrected chi connectivity index (χ3v) is 8.60. The van der Waals surface area contributed by atoms with Gasteiger partial charge in [-0.1, -0.05) is 79.7 Å². The van der Waals surface area contributed by atoms with Gasteiger partial charge in [0.2, 0.25) is 21.8 Å². The highest BCUT2D eigenvalue weighted by molar-refractivity contribution is 7.92. The van der Waals surface area contributed by atoms with Crippen LogP contribution in [0.5, 0.6) is 0 Å². The summed E-state index contributed by atoms with van der Waals surface area (Å²) in [5, 5.41) is 3.78. The van der Waals surface area contributed by atoms with Crippen molar-refractivity contribution >= 4 is 50.7 Å². The first kappa shape index (κ1) is 30.3. The second kappa shape index (κ2) is 14.2. The average molecular weight is 583 g/mol. The molecule has 7 nitrogen and oxygen atoms in total. The zero-order valence-corrected chi connectivity index (χ0v) is 24.4. The van der Waals surface area contributed by atoms with Crippen LogP contribution in [0.2, 0.25) is 10.0 Å². The lowest BCUT2D eigenvalue weighted by atomic mass is 9.95. The van der Waals surface area contributed by atoms with Gasteiger partial charge in [0.05, 0.1) is 17.0 Å². The van der Waals surface area contributed by atoms with Crippen molar-refractivity contribution in [1.29, 1.82) is 0 Å². The Hall–Kier alpha value is -2.29. The molecule has 0 radical (unpaired) electrons. The highest BCUT2D eigenvalue weighted by Crippen LogP contribution is 2.31. The highest BCUT2D eigenvalue weighted by Gasteiger charge is 2.30. The van der Waals surface area contributed by atoms with Crippen LogP contribution in [0.15, 0.2) is 48.5 Å². The molecule has 0 saturated heterocycles. The van der Waals surface area contributed by atoms with E-state index in [1.807, 2.05) is 37.3 Å². The molecule has 0 aliphatic heterocycles. The van der Waals surface area contributed by atoms with Gasteiger partial charge in [-0.05, 0) is 49.4 Å². The zero-order chi connectivity index (χ0) is 27.7. The first-order chi connectivity index (χ1) is 18.1. The molecule has 1 aliphatic rings. The Morgan fingerprint density at radius 2 is 1.74 bits per heavy atom. The average Bonchev–Trinajstić information content (AvgIpc) is 2.88. The summed E-state index contributed by atoms with van der Waals surface area (Å²) >= 11 is 12.4. The van der Waals surface area contributed by atoms with E-state index in [1.165, 1.54) is 16.8 Å². The number of rotatable bonds is 12. The molecule has 208 valence electrons. The van der Waals surface area contributed by atoms with E-state index in [9.17, 15) is 18.0 Å². The van der Waals surface area contributed by atoms with E-state index in [1.54, 1.807) is 17.0 Å². The first-order valence-corrected chi connectivity index (χ1v) is 15.8. The molecule has 2 aromatic rings. The number of anilines is 1. The Morgan fingerprint density at radius 1 is 1.05 bits per heavy atom. The number of hydrogen-bond donors (Lipinski definition) is 1. The van der Waals surface area contributed by atoms with Crippen molar-refractivity contribution in [2.24, 2.45) is 0 Å². The highest BCUT2D eigenvalue weighted by atomic mass is 35.5. The lowest BCUT2D eigenvalue weighted by Gasteiger charge is -2.33. The number of amides is 2. The number of carbonyl (C=O) groups excluding carboxylic acids is 2. The summed E-state index contributed by atoms with van der Waals surface area (Å²) in [5.41, 5.74) is 1.20. The van der Waals surface area contributed by atoms with Crippen LogP contribution in [0.25, 0.3) is 0 Å². The summed E-state index contributed by atoms with van der Waals surface area (Å²) in [6.07, 6.45) is 7.20. The SMILES string of the molecule is CCC(C(=O)NC1CCCCC1)N(Cc1ccccc1)C(=O)CCCN(c1cc(Cl)ccc1Cl)S(C)(=O)=O. The Balaban J connectivity index is 1.75. The van der Waals surface area contributed by atoms with Crippen molar-refractivity contribution in [2.75, 3.05) is 17.1 Å². The summed E-state index contributed by atoms with van der Waals surface area (Å²) < 4.78 is 26.3. The largest absolute Gasteiger partial charge is 0.352 e. The van der Waals surface area contributed by atoms with Crippen molar-refractivity contribution in [3.63, 3.8) is 0 Å². The van der Waals surface area contributed by atoms with Crippen LogP contribution < -0.4 is 9.62 Å². The third-order valence-electron chi connectivity index (χ3n) is 6.86. The predicted molar refractivity (Wildman–Crippen MR) is 154 cm³/mol. The van der Waals surface area contributed by atoms with Gasteiger partial charge in [0.15, 0.2) is 0 Å². The minimum Gasteiger partial charge on any atom is -0.352 e. The Kier molecular flexibility index (Phi) is 11.3. The Bertz CT molecular complexity index is 1190. The molecule has 3 rings (SSSR count). The molecular formula is C28H37Cl2N3O4S. The van der Waals surface area contributed by atoms with E-state index in [-0.39, 0.29) is 48.0 Å². The molecular weight excluding hydrogens is 545 g/mol. The number of benzene rings is 2. The minimum atomic E-state index is -3.67. The monoisotopic (exact) mass is 581 g/mol. The molecule has 1 atom stereocenters. The van der Waals surface area contributed by atoms with Crippen molar-refractivity contribution in [2.45, 2.75) is 76.9 Å². The summed E-state index contributed by atoms with van der Waals surface area (Å²) in [7, 11) is -3.67. The van der Waals surface area contributed by atoms with Crippen LogP contribution in [0.3, 0.4) is 0 Å². The number of nitrogens with one attached hydrogen (secondary N) is 1. The smallest absolute Gasteiger partial charge is 0.243 e. The fraction of sp³-hybridized carbons (Fsp3) is 0.500. The molecule has 1 unspecified atom stereocenters. The lowest BCUT2D eigenvalue weighted by molar-refractivity contribution is -0.141. The maximum absolute atomic E-state index is 13.6. The summed E-state index contributed by atoms with van der Waals surface area (Å²) in [6.45, 7) is 2.25. The molecule has 2 aromatic carbocycles. The van der Waals surface area contributed by atoms with E-state index < -0.39 is 16.1 Å². The van der Waals surface area contributed by atoms with E-state index in [0.717, 1.165) is 37.5 Å². The van der Waals surface area contributed by atoms with Crippen LogP contribution in [0, 0.1) is 0 Å². The van der Waals surface area contributed by atoms with E-state index >= 15 is 0 Å². The third kappa shape index (κ3) is 8.61. The van der Waals surface area contributed by atoms with Gasteiger partial charge in [0, 0.05) is 30.6 Å². The fourth-order valence-corrected chi connectivity index (χ4v) is 6.31. The Morgan fingerprint density at radius 3 is 2.37 bits per heavy atom. The lowest BCUT2D eigenvalue weighted by Crippen LogP contribution is -2.51. The van der Waals surface area contributed by atoms with Crippen LogP contribution in [-0.2, 0) is 26.2 Å². The number of sulfonamides is 1. The molecule has 1 N–H and O–H groups in total. The maximum Gasteiger partial charge on any atom is 0.243 e. The van der Waals surface area contributed by atoms with Gasteiger partial charge in [-0.15, -0.1) is 0 Å². The van der Waals surface area contributed by atoms with Gasteiger partial charge in [-0.3, -0.25) is 13.9 Å². The first-order valence-electron chi connectivity index (χ1n) is 13.2. The number of hydrogen-bond acceptors (Lipinski definition) is 4. The second-order valence-corrected chi connectivity index (χ2v) is 12.6. The van der Waals surface area contributed by atoms with Crippen molar-refractivity contribution < 1.29 is 18.0 Å². The predicted octanol–water partition coefficient (Wildman–Crippen LogP) is 5.80. The van der Waals surface area contributed by atoms with Gasteiger partial charge in [0.25, 0.3) is 0 Å². The standard InChI is InChI=1S/C28H37Cl2N3O4S/c1-3-25(28(35)31-23-13-8-5-9-14-23)32(20-21-11-6-4-7-12-21)27(34)15-10-18-33(38(2,36)37)26-19-22(29)16-17-24(26)30/h4,6-7,11-12,16-17,19,23,25H,3,5,8-10,13-15,18,20H2,1-2H3,(H,31,35). The van der Waals surface area contributed by atoms with E-state index in [0.29, 0.717) is 18.0 Å². The molecule has 1 fully saturated rings. The van der Waals surface area contributed by atoms with Crippen molar-refractivity contribution in [3.8, 4) is 0 Å². The van der Waals surface area contributed by atoms with Crippen LogP contribution in [-0.4, -0.2) is 50.0 Å². The van der Waals surface area contributed by atoms with Gasteiger partial charge < -0.3 is 10.2 Å². The topological polar surface area (TPSA) is 86.8 Å². The quantitative estimate of drug-likeness (QED) is 0.343. The molecule has 0 heterocycles. The second-order valence-electron chi connectivity index (χ2n) is 9.81. The molecule has 0 bridgehead atoms. The zero-order valence-electron chi connectivity index (χ0n) is 22.0. The number of nitrogens with zero attached hydrogens (tertiary/aromatic N) is 2. The van der Waals surface area contributed by atoms with E-state index in [4.69, 9.17) is 23.2 Å². The van der Waals surface area contributed by atoms with Gasteiger partial charge >= 0.3 is 0 Å². The molecule has 10 heteroatoms. The normalized spacial score (nSPS) is 15.1. The van der Waals surface area contributed by atoms with E-state index in [2.05, 4.69) is 5.32 Å². The molecule has 1 aliphatic carbocycles. The van der Waals surface area contributed by atoms with Crippen LogP contribution >= 0.6 is 23.2 Å².